The second kappa shape index (κ2) is 13.2. The van der Waals surface area contributed by atoms with E-state index in [1.807, 2.05) is 31.2 Å². The highest BCUT2D eigenvalue weighted by atomic mass is 19.3. The topological polar surface area (TPSA) is 9.23 Å². The molecule has 0 amide bonds. The van der Waals surface area contributed by atoms with Crippen molar-refractivity contribution in [3.63, 3.8) is 0 Å². The molecule has 5 aromatic carbocycles. The van der Waals surface area contributed by atoms with Crippen molar-refractivity contribution in [2.24, 2.45) is 0 Å². The molecule has 0 aromatic heterocycles. The number of allylic oxidation sites excluding steroid dienone is 2. The van der Waals surface area contributed by atoms with Gasteiger partial charge < -0.3 is 4.74 Å². The number of benzene rings is 5. The fourth-order valence-electron chi connectivity index (χ4n) is 4.86. The normalized spacial score (nSPS) is 11.8. The molecule has 10 heteroatoms. The van der Waals surface area contributed by atoms with Crippen molar-refractivity contribution in [3.8, 4) is 39.1 Å². The van der Waals surface area contributed by atoms with E-state index in [9.17, 15) is 30.7 Å². The van der Waals surface area contributed by atoms with Gasteiger partial charge in [-0.1, -0.05) is 67.6 Å². The van der Waals surface area contributed by atoms with Crippen molar-refractivity contribution in [1.82, 2.24) is 0 Å². The smallest absolute Gasteiger partial charge is 0.429 e. The number of ether oxygens (including phenoxy) is 1. The van der Waals surface area contributed by atoms with Crippen LogP contribution in [0.3, 0.4) is 0 Å². The predicted molar refractivity (Wildman–Crippen MR) is 157 cm³/mol. The van der Waals surface area contributed by atoms with Gasteiger partial charge in [0.15, 0.2) is 17.5 Å². The fraction of sp³-hybridized carbons (Fsp3) is 0.111. The maximum Gasteiger partial charge on any atom is 0.432 e. The Kier molecular flexibility index (Phi) is 9.27. The van der Waals surface area contributed by atoms with Gasteiger partial charge >= 0.3 is 6.11 Å². The standard InChI is InChI=1S/C36H23F9O/c1-2-3-4-5-20-6-8-21(9-7-20)22-10-12-26(28(37)14-22)23-11-13-27(29(38)15-23)24-16-30(39)34(31(40)17-24)36(44,45)46-25-18-32(41)35(43)33(42)19-25/h3-4,6-19H,2,5H2,1H3. The summed E-state index contributed by atoms with van der Waals surface area (Å²) in [5, 5.41) is 0. The van der Waals surface area contributed by atoms with Crippen LogP contribution in [0.4, 0.5) is 39.5 Å². The van der Waals surface area contributed by atoms with E-state index in [4.69, 9.17) is 0 Å². The van der Waals surface area contributed by atoms with Crippen molar-refractivity contribution >= 4 is 0 Å². The molecule has 236 valence electrons. The van der Waals surface area contributed by atoms with E-state index in [-0.39, 0.29) is 28.8 Å². The Balaban J connectivity index is 1.38. The monoisotopic (exact) mass is 642 g/mol. The minimum atomic E-state index is -4.80. The quantitative estimate of drug-likeness (QED) is 0.0883. The molecule has 0 aliphatic rings. The molecular weight excluding hydrogens is 619 g/mol. The van der Waals surface area contributed by atoms with Gasteiger partial charge in [0.05, 0.1) is 0 Å². The van der Waals surface area contributed by atoms with Gasteiger partial charge in [0.1, 0.15) is 34.6 Å². The number of hydrogen-bond acceptors (Lipinski definition) is 1. The first-order valence-corrected chi connectivity index (χ1v) is 13.9. The van der Waals surface area contributed by atoms with Gasteiger partial charge in [-0.3, -0.25) is 0 Å². The van der Waals surface area contributed by atoms with Gasteiger partial charge in [0.25, 0.3) is 0 Å². The summed E-state index contributed by atoms with van der Waals surface area (Å²) in [6, 6.07) is 16.4. The lowest BCUT2D eigenvalue weighted by Gasteiger charge is -2.20. The first-order valence-electron chi connectivity index (χ1n) is 13.9. The second-order valence-corrected chi connectivity index (χ2v) is 10.3. The van der Waals surface area contributed by atoms with E-state index in [0.29, 0.717) is 17.7 Å². The van der Waals surface area contributed by atoms with Crippen LogP contribution in [0.15, 0.2) is 97.1 Å². The zero-order chi connectivity index (χ0) is 33.2. The summed E-state index contributed by atoms with van der Waals surface area (Å²) in [5.74, 6) is -12.3. The lowest BCUT2D eigenvalue weighted by molar-refractivity contribution is -0.189. The van der Waals surface area contributed by atoms with E-state index < -0.39 is 63.7 Å². The van der Waals surface area contributed by atoms with Crippen molar-refractivity contribution in [1.29, 1.82) is 0 Å². The third-order valence-electron chi connectivity index (χ3n) is 7.14. The number of alkyl halides is 2. The Labute approximate surface area is 258 Å². The van der Waals surface area contributed by atoms with Crippen LogP contribution in [0, 0.1) is 40.7 Å². The minimum absolute atomic E-state index is 0.0497. The lowest BCUT2D eigenvalue weighted by Crippen LogP contribution is -2.25. The molecule has 5 rings (SSSR count). The Morgan fingerprint density at radius 2 is 1.04 bits per heavy atom. The number of halogens is 9. The van der Waals surface area contributed by atoms with E-state index in [1.54, 1.807) is 6.07 Å². The highest BCUT2D eigenvalue weighted by Crippen LogP contribution is 2.39. The molecule has 0 bridgehead atoms. The van der Waals surface area contributed by atoms with Crippen LogP contribution in [-0.4, -0.2) is 0 Å². The van der Waals surface area contributed by atoms with Crippen LogP contribution in [0.25, 0.3) is 33.4 Å². The highest BCUT2D eigenvalue weighted by molar-refractivity contribution is 5.74. The van der Waals surface area contributed by atoms with E-state index >= 15 is 8.78 Å². The molecule has 0 radical (unpaired) electrons. The SMILES string of the molecule is CCC=CCc1ccc(-c2ccc(-c3ccc(-c4cc(F)c(C(F)(F)Oc5cc(F)c(F)c(F)c5)c(F)c4)c(F)c3)c(F)c2)cc1. The van der Waals surface area contributed by atoms with Crippen molar-refractivity contribution in [2.75, 3.05) is 0 Å². The summed E-state index contributed by atoms with van der Waals surface area (Å²) in [7, 11) is 0. The van der Waals surface area contributed by atoms with Gasteiger partial charge in [-0.2, -0.15) is 8.78 Å². The molecule has 0 aliphatic carbocycles. The van der Waals surface area contributed by atoms with Crippen molar-refractivity contribution < 1.29 is 44.3 Å². The first-order chi connectivity index (χ1) is 21.9. The molecule has 0 N–H and O–H groups in total. The van der Waals surface area contributed by atoms with Crippen molar-refractivity contribution in [2.45, 2.75) is 25.9 Å². The molecule has 0 spiro atoms. The second-order valence-electron chi connectivity index (χ2n) is 10.3. The van der Waals surface area contributed by atoms with Crippen molar-refractivity contribution in [3.05, 3.63) is 149 Å². The third kappa shape index (κ3) is 6.80. The maximum absolute atomic E-state index is 15.2. The minimum Gasteiger partial charge on any atom is -0.429 e. The summed E-state index contributed by atoms with van der Waals surface area (Å²) in [4.78, 5) is 0. The van der Waals surface area contributed by atoms with E-state index in [2.05, 4.69) is 16.9 Å². The van der Waals surface area contributed by atoms with Crippen LogP contribution in [-0.2, 0) is 12.5 Å². The summed E-state index contributed by atoms with van der Waals surface area (Å²) >= 11 is 0. The van der Waals surface area contributed by atoms with Gasteiger partial charge in [0, 0.05) is 23.3 Å². The zero-order valence-corrected chi connectivity index (χ0v) is 24.0. The first kappa shape index (κ1) is 32.4. The molecule has 0 unspecified atom stereocenters. The predicted octanol–water partition coefficient (Wildman–Crippen LogP) is 11.3. The van der Waals surface area contributed by atoms with Crippen LogP contribution >= 0.6 is 0 Å². The van der Waals surface area contributed by atoms with Gasteiger partial charge in [-0.15, -0.1) is 0 Å². The molecule has 0 aliphatic heterocycles. The van der Waals surface area contributed by atoms with Crippen LogP contribution in [0.1, 0.15) is 24.5 Å². The average Bonchev–Trinajstić information content (AvgIpc) is 2.99. The van der Waals surface area contributed by atoms with Gasteiger partial charge in [0.2, 0.25) is 0 Å². The molecule has 46 heavy (non-hydrogen) atoms. The van der Waals surface area contributed by atoms with Gasteiger partial charge in [-0.25, -0.2) is 30.7 Å². The Morgan fingerprint density at radius 3 is 1.61 bits per heavy atom. The molecule has 0 saturated heterocycles. The largest absolute Gasteiger partial charge is 0.432 e. The van der Waals surface area contributed by atoms with Crippen LogP contribution < -0.4 is 4.74 Å². The molecule has 0 fully saturated rings. The molecule has 0 saturated carbocycles. The summed E-state index contributed by atoms with van der Waals surface area (Å²) in [6.45, 7) is 2.04. The number of hydrogen-bond donors (Lipinski definition) is 0. The molecule has 5 aromatic rings. The average molecular weight is 643 g/mol. The lowest BCUT2D eigenvalue weighted by atomic mass is 9.96. The van der Waals surface area contributed by atoms with E-state index in [1.165, 1.54) is 18.2 Å². The zero-order valence-electron chi connectivity index (χ0n) is 24.0. The number of rotatable bonds is 9. The maximum atomic E-state index is 15.2. The fourth-order valence-corrected chi connectivity index (χ4v) is 4.86. The van der Waals surface area contributed by atoms with Crippen LogP contribution in [0.5, 0.6) is 5.75 Å². The Hall–Kier alpha value is -4.99. The summed E-state index contributed by atoms with van der Waals surface area (Å²) in [5.41, 5.74) is -0.160. The van der Waals surface area contributed by atoms with E-state index in [0.717, 1.165) is 36.1 Å². The van der Waals surface area contributed by atoms with Gasteiger partial charge in [-0.05, 0) is 64.9 Å². The molecule has 0 atom stereocenters. The highest BCUT2D eigenvalue weighted by Gasteiger charge is 2.41. The van der Waals surface area contributed by atoms with Crippen LogP contribution in [0.2, 0.25) is 0 Å². The summed E-state index contributed by atoms with van der Waals surface area (Å²) < 4.78 is 133. The molecule has 1 nitrogen and oxygen atoms in total. The Morgan fingerprint density at radius 1 is 0.543 bits per heavy atom. The molecular formula is C36H23F9O. The Bertz CT molecular complexity index is 1890. The summed E-state index contributed by atoms with van der Waals surface area (Å²) in [6.07, 6.45) is 1.04. The molecule has 0 heterocycles. The third-order valence-corrected chi connectivity index (χ3v) is 7.14.